The van der Waals surface area contributed by atoms with Crippen LogP contribution >= 0.6 is 23.7 Å². The average molecular weight is 605 g/mol. The summed E-state index contributed by atoms with van der Waals surface area (Å²) in [4.78, 5) is 14.3. The van der Waals surface area contributed by atoms with E-state index in [2.05, 4.69) is 30.3 Å². The number of alkyl halides is 1. The molecule has 2 aromatic carbocycles. The molecule has 6 rings (SSSR count). The summed E-state index contributed by atoms with van der Waals surface area (Å²) >= 11 is 1.45. The Hall–Kier alpha value is -3.06. The van der Waals surface area contributed by atoms with Crippen molar-refractivity contribution in [3.63, 3.8) is 0 Å². The molecule has 13 heteroatoms. The molecule has 212 valence electrons. The number of aromatic nitrogens is 3. The van der Waals surface area contributed by atoms with Crippen molar-refractivity contribution in [3.05, 3.63) is 53.7 Å². The molecule has 0 spiro atoms. The summed E-state index contributed by atoms with van der Waals surface area (Å²) < 4.78 is 48.2. The minimum atomic E-state index is -3.44. The van der Waals surface area contributed by atoms with Crippen LogP contribution in [0.4, 0.5) is 16.0 Å². The Morgan fingerprint density at radius 3 is 2.67 bits per heavy atom. The molecule has 40 heavy (non-hydrogen) atoms. The van der Waals surface area contributed by atoms with Gasteiger partial charge in [-0.15, -0.1) is 23.7 Å². The highest BCUT2D eigenvalue weighted by molar-refractivity contribution is 7.92. The zero-order valence-electron chi connectivity index (χ0n) is 21.8. The Balaban J connectivity index is 0.00000323. The van der Waals surface area contributed by atoms with Crippen LogP contribution in [0.1, 0.15) is 24.3 Å². The van der Waals surface area contributed by atoms with E-state index in [1.54, 1.807) is 24.4 Å². The monoisotopic (exact) mass is 604 g/mol. The van der Waals surface area contributed by atoms with Crippen molar-refractivity contribution in [2.45, 2.75) is 38.4 Å². The molecule has 2 aromatic heterocycles. The van der Waals surface area contributed by atoms with Gasteiger partial charge in [0.2, 0.25) is 21.9 Å². The fourth-order valence-electron chi connectivity index (χ4n) is 4.73. The van der Waals surface area contributed by atoms with Crippen LogP contribution in [0, 0.1) is 12.8 Å². The van der Waals surface area contributed by atoms with Crippen LogP contribution in [0.15, 0.2) is 48.7 Å². The van der Waals surface area contributed by atoms with Crippen molar-refractivity contribution in [1.82, 2.24) is 20.3 Å². The molecular weight excluding hydrogens is 575 g/mol. The quantitative estimate of drug-likeness (QED) is 0.228. The first kappa shape index (κ1) is 28.5. The number of hydrogen-bond donors (Lipinski definition) is 3. The summed E-state index contributed by atoms with van der Waals surface area (Å²) in [6.07, 6.45) is 3.07. The molecule has 0 bridgehead atoms. The van der Waals surface area contributed by atoms with E-state index in [1.165, 1.54) is 11.3 Å². The van der Waals surface area contributed by atoms with Crippen LogP contribution in [0.5, 0.6) is 11.6 Å². The Bertz CT molecular complexity index is 1620. The normalized spacial score (nSPS) is 19.1. The number of fused-ring (bicyclic) bond motifs is 1. The van der Waals surface area contributed by atoms with E-state index in [-0.39, 0.29) is 30.1 Å². The number of benzene rings is 2. The first-order chi connectivity index (χ1) is 18.8. The molecule has 1 aliphatic heterocycles. The fraction of sp³-hybridized carbons (Fsp3) is 0.370. The number of hydrogen-bond acceptors (Lipinski definition) is 9. The van der Waals surface area contributed by atoms with Gasteiger partial charge in [0, 0.05) is 42.5 Å². The highest BCUT2D eigenvalue weighted by Gasteiger charge is 2.28. The van der Waals surface area contributed by atoms with Crippen molar-refractivity contribution in [1.29, 1.82) is 0 Å². The van der Waals surface area contributed by atoms with Crippen molar-refractivity contribution >= 4 is 56.2 Å². The van der Waals surface area contributed by atoms with Crippen LogP contribution in [0.3, 0.4) is 0 Å². The lowest BCUT2D eigenvalue weighted by Crippen LogP contribution is -2.44. The van der Waals surface area contributed by atoms with Gasteiger partial charge < -0.3 is 15.4 Å². The van der Waals surface area contributed by atoms with E-state index >= 15 is 0 Å². The van der Waals surface area contributed by atoms with Gasteiger partial charge in [-0.1, -0.05) is 24.3 Å². The lowest BCUT2D eigenvalue weighted by Gasteiger charge is -2.26. The Kier molecular flexibility index (Phi) is 8.41. The molecule has 1 saturated heterocycles. The van der Waals surface area contributed by atoms with E-state index < -0.39 is 16.2 Å². The SMILES string of the molecule is Cc1nc(Oc2ccc(NS(=O)(=O)CC3CC3)c3ccccc23)c(-c2ccnc(N[C@@H]3CNC[C@@H](F)C3)n2)s1.Cl. The number of aryl methyl sites for hydroxylation is 1. The largest absolute Gasteiger partial charge is 0.437 e. The number of nitrogens with one attached hydrogen (secondary N) is 3. The number of anilines is 2. The van der Waals surface area contributed by atoms with E-state index in [0.717, 1.165) is 33.5 Å². The molecule has 3 N–H and O–H groups in total. The van der Waals surface area contributed by atoms with E-state index in [9.17, 15) is 12.8 Å². The van der Waals surface area contributed by atoms with Crippen molar-refractivity contribution < 1.29 is 17.5 Å². The summed E-state index contributed by atoms with van der Waals surface area (Å²) in [6, 6.07) is 12.7. The van der Waals surface area contributed by atoms with Gasteiger partial charge in [0.25, 0.3) is 0 Å². The summed E-state index contributed by atoms with van der Waals surface area (Å²) in [5, 5.41) is 8.60. The third-order valence-electron chi connectivity index (χ3n) is 6.73. The summed E-state index contributed by atoms with van der Waals surface area (Å²) in [5.41, 5.74) is 1.16. The van der Waals surface area contributed by atoms with Crippen LogP contribution in [-0.2, 0) is 10.0 Å². The maximum atomic E-state index is 13.8. The summed E-state index contributed by atoms with van der Waals surface area (Å²) in [7, 11) is -3.44. The van der Waals surface area contributed by atoms with Gasteiger partial charge in [0.1, 0.15) is 16.8 Å². The lowest BCUT2D eigenvalue weighted by molar-refractivity contribution is 0.254. The molecular formula is C27H30ClFN6O3S2. The van der Waals surface area contributed by atoms with Crippen molar-refractivity contribution in [3.8, 4) is 22.2 Å². The summed E-state index contributed by atoms with van der Waals surface area (Å²) in [5.74, 6) is 1.76. The van der Waals surface area contributed by atoms with Crippen LogP contribution in [-0.4, -0.2) is 54.4 Å². The molecule has 2 aliphatic rings. The molecule has 3 heterocycles. The number of nitrogens with zero attached hydrogens (tertiary/aromatic N) is 3. The Morgan fingerprint density at radius 2 is 1.90 bits per heavy atom. The lowest BCUT2D eigenvalue weighted by atomic mass is 10.1. The second-order valence-electron chi connectivity index (χ2n) is 10.1. The highest BCUT2D eigenvalue weighted by Crippen LogP contribution is 2.41. The highest BCUT2D eigenvalue weighted by atomic mass is 35.5. The fourth-order valence-corrected chi connectivity index (χ4v) is 7.10. The molecule has 1 aliphatic carbocycles. The van der Waals surface area contributed by atoms with Crippen LogP contribution in [0.2, 0.25) is 0 Å². The van der Waals surface area contributed by atoms with Crippen LogP contribution < -0.4 is 20.1 Å². The zero-order chi connectivity index (χ0) is 27.0. The third-order valence-corrected chi connectivity index (χ3v) is 9.15. The second-order valence-corrected chi connectivity index (χ2v) is 13.0. The van der Waals surface area contributed by atoms with E-state index in [4.69, 9.17) is 4.74 Å². The van der Waals surface area contributed by atoms with Gasteiger partial charge in [0.05, 0.1) is 22.1 Å². The predicted molar refractivity (Wildman–Crippen MR) is 159 cm³/mol. The van der Waals surface area contributed by atoms with Gasteiger partial charge in [0.15, 0.2) is 0 Å². The Labute approximate surface area is 242 Å². The van der Waals surface area contributed by atoms with Crippen molar-refractivity contribution in [2.75, 3.05) is 28.9 Å². The van der Waals surface area contributed by atoms with Crippen molar-refractivity contribution in [2.24, 2.45) is 5.92 Å². The second kappa shape index (κ2) is 11.8. The number of ether oxygens (including phenoxy) is 1. The molecule has 2 fully saturated rings. The van der Waals surface area contributed by atoms with E-state index in [1.807, 2.05) is 31.2 Å². The molecule has 4 aromatic rings. The molecule has 0 radical (unpaired) electrons. The molecule has 0 unspecified atom stereocenters. The van der Waals surface area contributed by atoms with Gasteiger partial charge in [-0.05, 0) is 43.9 Å². The number of halogens is 2. The maximum absolute atomic E-state index is 13.8. The predicted octanol–water partition coefficient (Wildman–Crippen LogP) is 5.54. The number of sulfonamides is 1. The van der Waals surface area contributed by atoms with E-state index in [0.29, 0.717) is 48.5 Å². The molecule has 2 atom stereocenters. The minimum Gasteiger partial charge on any atom is -0.437 e. The third kappa shape index (κ3) is 6.63. The first-order valence-corrected chi connectivity index (χ1v) is 15.4. The van der Waals surface area contributed by atoms with Gasteiger partial charge in [-0.2, -0.15) is 0 Å². The minimum absolute atomic E-state index is 0. The Morgan fingerprint density at radius 1 is 1.10 bits per heavy atom. The smallest absolute Gasteiger partial charge is 0.240 e. The molecule has 0 amide bonds. The van der Waals surface area contributed by atoms with Gasteiger partial charge in [-0.3, -0.25) is 4.72 Å². The topological polar surface area (TPSA) is 118 Å². The average Bonchev–Trinajstić information content (AvgIpc) is 3.63. The van der Waals surface area contributed by atoms with Gasteiger partial charge in [-0.25, -0.2) is 27.8 Å². The van der Waals surface area contributed by atoms with Crippen LogP contribution in [0.25, 0.3) is 21.3 Å². The number of piperidine rings is 1. The zero-order valence-corrected chi connectivity index (χ0v) is 24.2. The molecule has 9 nitrogen and oxygen atoms in total. The molecule has 1 saturated carbocycles. The van der Waals surface area contributed by atoms with Gasteiger partial charge >= 0.3 is 0 Å². The number of thiazole rings is 1. The first-order valence-electron chi connectivity index (χ1n) is 13.0. The maximum Gasteiger partial charge on any atom is 0.240 e. The number of rotatable bonds is 9. The standard InChI is InChI=1S/C27H29FN6O3S2.ClH/c1-16-31-26(25(38-16)23-10-11-30-27(33-23)32-19-12-18(28)13-29-14-19)37-24-9-8-22(20-4-2-3-5-21(20)24)34-39(35,36)15-17-6-7-17;/h2-5,8-11,17-19,29,34H,6-7,12-15H2,1H3,(H,30,32,33);1H/t18-,19-;/m0./s1. The summed E-state index contributed by atoms with van der Waals surface area (Å²) in [6.45, 7) is 2.90.